The second kappa shape index (κ2) is 6.80. The first-order chi connectivity index (χ1) is 6.07. The lowest BCUT2D eigenvalue weighted by Gasteiger charge is -2.16. The lowest BCUT2D eigenvalue weighted by Crippen LogP contribution is -2.32. The molecule has 76 valence electrons. The molecule has 0 saturated carbocycles. The van der Waals surface area contributed by atoms with Gasteiger partial charge in [-0.1, -0.05) is 12.2 Å². The Morgan fingerprint density at radius 3 is 2.69 bits per heavy atom. The SMILES string of the molecule is CCOCC(=O)N(C)CCC(N)=S. The second-order valence-electron chi connectivity index (χ2n) is 2.67. The fourth-order valence-corrected chi connectivity index (χ4v) is 0.793. The topological polar surface area (TPSA) is 55.6 Å². The zero-order valence-electron chi connectivity index (χ0n) is 8.08. The fraction of sp³-hybridized carbons (Fsp3) is 0.750. The number of carbonyl (C=O) groups excluding carboxylic acids is 1. The minimum absolute atomic E-state index is 0.0434. The Bertz CT molecular complexity index is 185. The van der Waals surface area contributed by atoms with Crippen LogP contribution in [0.4, 0.5) is 0 Å². The molecule has 0 spiro atoms. The molecule has 0 unspecified atom stereocenters. The van der Waals surface area contributed by atoms with Crippen LogP contribution in [-0.2, 0) is 9.53 Å². The van der Waals surface area contributed by atoms with E-state index in [1.165, 1.54) is 0 Å². The zero-order valence-corrected chi connectivity index (χ0v) is 8.89. The number of amides is 1. The van der Waals surface area contributed by atoms with Crippen LogP contribution in [0.1, 0.15) is 13.3 Å². The van der Waals surface area contributed by atoms with Gasteiger partial charge in [-0.2, -0.15) is 0 Å². The molecule has 0 heterocycles. The molecule has 0 atom stereocenters. The Labute approximate surface area is 84.0 Å². The molecule has 0 saturated heterocycles. The third-order valence-electron chi connectivity index (χ3n) is 1.55. The maximum Gasteiger partial charge on any atom is 0.248 e. The van der Waals surface area contributed by atoms with Crippen molar-refractivity contribution in [2.75, 3.05) is 26.8 Å². The molecule has 0 aliphatic heterocycles. The summed E-state index contributed by atoms with van der Waals surface area (Å²) in [6.07, 6.45) is 0.559. The van der Waals surface area contributed by atoms with E-state index in [0.717, 1.165) is 0 Å². The predicted octanol–water partition coefficient (Wildman–Crippen LogP) is 0.158. The number of likely N-dealkylation sites (N-methyl/N-ethyl adjacent to an activating group) is 1. The van der Waals surface area contributed by atoms with Crippen molar-refractivity contribution in [3.8, 4) is 0 Å². The maximum atomic E-state index is 11.2. The summed E-state index contributed by atoms with van der Waals surface area (Å²) in [7, 11) is 1.71. The molecule has 0 aromatic heterocycles. The van der Waals surface area contributed by atoms with E-state index in [1.807, 2.05) is 6.92 Å². The van der Waals surface area contributed by atoms with E-state index in [2.05, 4.69) is 0 Å². The Hall–Kier alpha value is -0.680. The number of hydrogen-bond donors (Lipinski definition) is 1. The van der Waals surface area contributed by atoms with Crippen molar-refractivity contribution in [3.63, 3.8) is 0 Å². The van der Waals surface area contributed by atoms with Crippen LogP contribution in [0.5, 0.6) is 0 Å². The van der Waals surface area contributed by atoms with Crippen LogP contribution < -0.4 is 5.73 Å². The van der Waals surface area contributed by atoms with Gasteiger partial charge in [-0.25, -0.2) is 0 Å². The van der Waals surface area contributed by atoms with E-state index < -0.39 is 0 Å². The van der Waals surface area contributed by atoms with Gasteiger partial charge in [0.05, 0.1) is 4.99 Å². The summed E-state index contributed by atoms with van der Waals surface area (Å²) >= 11 is 4.70. The number of nitrogens with zero attached hydrogens (tertiary/aromatic N) is 1. The Morgan fingerprint density at radius 1 is 1.62 bits per heavy atom. The van der Waals surface area contributed by atoms with Crippen molar-refractivity contribution < 1.29 is 9.53 Å². The molecule has 0 aromatic rings. The molecule has 4 nitrogen and oxygen atoms in total. The molecule has 13 heavy (non-hydrogen) atoms. The van der Waals surface area contributed by atoms with Crippen molar-refractivity contribution in [1.29, 1.82) is 0 Å². The minimum Gasteiger partial charge on any atom is -0.393 e. The van der Waals surface area contributed by atoms with Crippen LogP contribution in [0.15, 0.2) is 0 Å². The van der Waals surface area contributed by atoms with Crippen LogP contribution in [-0.4, -0.2) is 42.6 Å². The van der Waals surface area contributed by atoms with E-state index in [9.17, 15) is 4.79 Å². The first-order valence-corrected chi connectivity index (χ1v) is 4.58. The molecular weight excluding hydrogens is 188 g/mol. The summed E-state index contributed by atoms with van der Waals surface area (Å²) in [4.78, 5) is 13.2. The highest BCUT2D eigenvalue weighted by atomic mass is 32.1. The first-order valence-electron chi connectivity index (χ1n) is 4.18. The molecule has 0 rings (SSSR count). The van der Waals surface area contributed by atoms with Crippen LogP contribution >= 0.6 is 12.2 Å². The smallest absolute Gasteiger partial charge is 0.248 e. The minimum atomic E-state index is -0.0434. The van der Waals surface area contributed by atoms with E-state index >= 15 is 0 Å². The molecule has 0 radical (unpaired) electrons. The average molecular weight is 204 g/mol. The van der Waals surface area contributed by atoms with Gasteiger partial charge in [-0.05, 0) is 6.92 Å². The monoisotopic (exact) mass is 204 g/mol. The summed E-state index contributed by atoms with van der Waals surface area (Å²) in [5.41, 5.74) is 5.30. The number of ether oxygens (including phenoxy) is 1. The van der Waals surface area contributed by atoms with E-state index in [-0.39, 0.29) is 12.5 Å². The molecule has 1 amide bonds. The van der Waals surface area contributed by atoms with Gasteiger partial charge in [0.2, 0.25) is 5.91 Å². The highest BCUT2D eigenvalue weighted by Gasteiger charge is 2.07. The predicted molar refractivity (Wildman–Crippen MR) is 55.5 cm³/mol. The van der Waals surface area contributed by atoms with Crippen LogP contribution in [0.3, 0.4) is 0 Å². The Morgan fingerprint density at radius 2 is 2.23 bits per heavy atom. The third-order valence-corrected chi connectivity index (χ3v) is 1.75. The molecule has 0 aliphatic carbocycles. The molecule has 0 fully saturated rings. The number of hydrogen-bond acceptors (Lipinski definition) is 3. The van der Waals surface area contributed by atoms with Crippen molar-refractivity contribution in [2.24, 2.45) is 5.73 Å². The third kappa shape index (κ3) is 6.48. The quantitative estimate of drug-likeness (QED) is 0.626. The van der Waals surface area contributed by atoms with E-state index in [4.69, 9.17) is 22.7 Å². The van der Waals surface area contributed by atoms with E-state index in [1.54, 1.807) is 11.9 Å². The highest BCUT2D eigenvalue weighted by Crippen LogP contribution is 1.90. The van der Waals surface area contributed by atoms with Gasteiger partial charge in [0.25, 0.3) is 0 Å². The van der Waals surface area contributed by atoms with Gasteiger partial charge >= 0.3 is 0 Å². The second-order valence-corrected chi connectivity index (χ2v) is 3.19. The largest absolute Gasteiger partial charge is 0.393 e. The summed E-state index contributed by atoms with van der Waals surface area (Å²) < 4.78 is 4.97. The van der Waals surface area contributed by atoms with Gasteiger partial charge in [-0.15, -0.1) is 0 Å². The zero-order chi connectivity index (χ0) is 10.3. The summed E-state index contributed by atoms with van der Waals surface area (Å²) in [5.74, 6) is -0.0434. The van der Waals surface area contributed by atoms with Crippen molar-refractivity contribution >= 4 is 23.1 Å². The lowest BCUT2D eigenvalue weighted by molar-refractivity contribution is -0.134. The van der Waals surface area contributed by atoms with Gasteiger partial charge < -0.3 is 15.4 Å². The lowest BCUT2D eigenvalue weighted by atomic mass is 10.4. The van der Waals surface area contributed by atoms with E-state index in [0.29, 0.717) is 24.6 Å². The Kier molecular flexibility index (Phi) is 6.44. The van der Waals surface area contributed by atoms with Gasteiger partial charge in [0, 0.05) is 26.6 Å². The molecule has 5 heteroatoms. The van der Waals surface area contributed by atoms with Crippen molar-refractivity contribution in [3.05, 3.63) is 0 Å². The number of thiocarbonyl (C=S) groups is 1. The summed E-state index contributed by atoms with van der Waals surface area (Å²) in [6.45, 7) is 3.09. The van der Waals surface area contributed by atoms with Gasteiger partial charge in [-0.3, -0.25) is 4.79 Å². The molecule has 0 aliphatic rings. The van der Waals surface area contributed by atoms with Crippen LogP contribution in [0.25, 0.3) is 0 Å². The number of carbonyl (C=O) groups is 1. The van der Waals surface area contributed by atoms with Gasteiger partial charge in [0.1, 0.15) is 6.61 Å². The number of nitrogens with two attached hydrogens (primary N) is 1. The average Bonchev–Trinajstić information content (AvgIpc) is 2.10. The summed E-state index contributed by atoms with van der Waals surface area (Å²) in [6, 6.07) is 0. The molecular formula is C8H16N2O2S. The highest BCUT2D eigenvalue weighted by molar-refractivity contribution is 7.80. The van der Waals surface area contributed by atoms with Crippen molar-refractivity contribution in [2.45, 2.75) is 13.3 Å². The van der Waals surface area contributed by atoms with Crippen LogP contribution in [0.2, 0.25) is 0 Å². The van der Waals surface area contributed by atoms with Gasteiger partial charge in [0.15, 0.2) is 0 Å². The number of rotatable bonds is 6. The standard InChI is InChI=1S/C8H16N2O2S/c1-3-12-6-8(11)10(2)5-4-7(9)13/h3-6H2,1-2H3,(H2,9,13). The Balaban J connectivity index is 3.62. The normalized spacial score (nSPS) is 9.69. The molecule has 0 bridgehead atoms. The van der Waals surface area contributed by atoms with Crippen LogP contribution in [0, 0.1) is 0 Å². The first kappa shape index (κ1) is 12.3. The van der Waals surface area contributed by atoms with Crippen molar-refractivity contribution in [1.82, 2.24) is 4.90 Å². The fourth-order valence-electron chi connectivity index (χ4n) is 0.702. The maximum absolute atomic E-state index is 11.2. The molecule has 2 N–H and O–H groups in total. The summed E-state index contributed by atoms with van der Waals surface area (Å²) in [5, 5.41) is 0. The molecule has 0 aromatic carbocycles.